The highest BCUT2D eigenvalue weighted by molar-refractivity contribution is 5.93. The maximum Gasteiger partial charge on any atom is 0.268 e. The Balaban J connectivity index is 1.26. The summed E-state index contributed by atoms with van der Waals surface area (Å²) in [5.41, 5.74) is 2.62. The number of rotatable bonds is 7. The van der Waals surface area contributed by atoms with E-state index in [0.29, 0.717) is 30.5 Å². The number of carbonyl (C=O) groups excluding carboxylic acids is 2. The van der Waals surface area contributed by atoms with Crippen LogP contribution in [-0.4, -0.2) is 34.3 Å². The minimum atomic E-state index is -0.0143. The summed E-state index contributed by atoms with van der Waals surface area (Å²) >= 11 is 0. The van der Waals surface area contributed by atoms with Crippen LogP contribution in [-0.2, 0) is 11.2 Å². The molecule has 0 spiro atoms. The molecule has 0 aliphatic heterocycles. The number of aromatic nitrogens is 2. The Morgan fingerprint density at radius 1 is 1.10 bits per heavy atom. The van der Waals surface area contributed by atoms with Crippen molar-refractivity contribution in [2.75, 3.05) is 13.1 Å². The van der Waals surface area contributed by atoms with E-state index in [1.165, 1.54) is 38.5 Å². The van der Waals surface area contributed by atoms with Crippen LogP contribution in [0.3, 0.4) is 0 Å². The van der Waals surface area contributed by atoms with Crippen molar-refractivity contribution in [3.63, 3.8) is 0 Å². The van der Waals surface area contributed by atoms with Gasteiger partial charge in [-0.1, -0.05) is 13.0 Å². The average molecular weight is 409 g/mol. The lowest BCUT2D eigenvalue weighted by atomic mass is 9.49. The number of hydrogen-bond acceptors (Lipinski definition) is 3. The molecule has 0 saturated heterocycles. The quantitative estimate of drug-likeness (QED) is 0.738. The summed E-state index contributed by atoms with van der Waals surface area (Å²) in [5.74, 6) is 2.70. The summed E-state index contributed by atoms with van der Waals surface area (Å²) in [6, 6.07) is 5.68. The SMILES string of the molecule is CCC(=O)NCCc1cn2c(C(=O)NCC34CC5CC(CC(C5)C3)C4)cccc2n1. The highest BCUT2D eigenvalue weighted by atomic mass is 16.2. The molecule has 6 rings (SSSR count). The molecule has 4 bridgehead atoms. The van der Waals surface area contributed by atoms with E-state index in [4.69, 9.17) is 0 Å². The van der Waals surface area contributed by atoms with Gasteiger partial charge in [-0.3, -0.25) is 14.0 Å². The fourth-order valence-corrected chi connectivity index (χ4v) is 6.69. The van der Waals surface area contributed by atoms with E-state index in [0.717, 1.165) is 35.6 Å². The van der Waals surface area contributed by atoms with E-state index >= 15 is 0 Å². The van der Waals surface area contributed by atoms with Crippen LogP contribution in [0.25, 0.3) is 5.65 Å². The van der Waals surface area contributed by atoms with Crippen molar-refractivity contribution in [1.82, 2.24) is 20.0 Å². The fourth-order valence-electron chi connectivity index (χ4n) is 6.69. The van der Waals surface area contributed by atoms with Gasteiger partial charge in [-0.05, 0) is 73.8 Å². The van der Waals surface area contributed by atoms with Crippen LogP contribution in [0.4, 0.5) is 0 Å². The van der Waals surface area contributed by atoms with E-state index in [1.807, 2.05) is 35.7 Å². The van der Waals surface area contributed by atoms with Crippen molar-refractivity contribution in [2.45, 2.75) is 58.3 Å². The first-order valence-electron chi connectivity index (χ1n) is 11.6. The zero-order valence-electron chi connectivity index (χ0n) is 17.8. The van der Waals surface area contributed by atoms with Gasteiger partial charge in [-0.25, -0.2) is 4.98 Å². The van der Waals surface area contributed by atoms with Crippen LogP contribution in [0.1, 0.15) is 68.1 Å². The van der Waals surface area contributed by atoms with Crippen molar-refractivity contribution in [2.24, 2.45) is 23.2 Å². The predicted octanol–water partition coefficient (Wildman–Crippen LogP) is 3.35. The fraction of sp³-hybridized carbons (Fsp3) is 0.625. The molecular weight excluding hydrogens is 376 g/mol. The van der Waals surface area contributed by atoms with Gasteiger partial charge < -0.3 is 10.6 Å². The van der Waals surface area contributed by atoms with Gasteiger partial charge in [0.15, 0.2) is 0 Å². The number of amides is 2. The molecule has 4 aliphatic carbocycles. The van der Waals surface area contributed by atoms with Crippen LogP contribution in [0.15, 0.2) is 24.4 Å². The summed E-state index contributed by atoms with van der Waals surface area (Å²) in [7, 11) is 0. The highest BCUT2D eigenvalue weighted by Gasteiger charge is 2.50. The second kappa shape index (κ2) is 7.71. The summed E-state index contributed by atoms with van der Waals surface area (Å²) in [5, 5.41) is 6.16. The third-order valence-corrected chi connectivity index (χ3v) is 7.59. The maximum atomic E-state index is 13.1. The van der Waals surface area contributed by atoms with Crippen LogP contribution in [0.2, 0.25) is 0 Å². The van der Waals surface area contributed by atoms with Crippen molar-refractivity contribution in [3.05, 3.63) is 35.8 Å². The van der Waals surface area contributed by atoms with E-state index in [1.54, 1.807) is 0 Å². The molecule has 4 saturated carbocycles. The van der Waals surface area contributed by atoms with Gasteiger partial charge in [0.2, 0.25) is 5.91 Å². The monoisotopic (exact) mass is 408 g/mol. The topological polar surface area (TPSA) is 75.5 Å². The van der Waals surface area contributed by atoms with Gasteiger partial charge in [0.1, 0.15) is 11.3 Å². The Kier molecular flexibility index (Phi) is 5.03. The van der Waals surface area contributed by atoms with Crippen molar-refractivity contribution < 1.29 is 9.59 Å². The van der Waals surface area contributed by atoms with Gasteiger partial charge in [0.25, 0.3) is 5.91 Å². The van der Waals surface area contributed by atoms with Gasteiger partial charge >= 0.3 is 0 Å². The largest absolute Gasteiger partial charge is 0.356 e. The van der Waals surface area contributed by atoms with E-state index in [-0.39, 0.29) is 11.8 Å². The van der Waals surface area contributed by atoms with Gasteiger partial charge in [0, 0.05) is 32.1 Å². The highest BCUT2D eigenvalue weighted by Crippen LogP contribution is 2.59. The Labute approximate surface area is 177 Å². The predicted molar refractivity (Wildman–Crippen MR) is 115 cm³/mol. The molecule has 2 aromatic rings. The molecule has 0 unspecified atom stereocenters. The number of pyridine rings is 1. The number of hydrogen-bond donors (Lipinski definition) is 2. The molecule has 0 atom stereocenters. The molecule has 0 aromatic carbocycles. The summed E-state index contributed by atoms with van der Waals surface area (Å²) < 4.78 is 1.88. The lowest BCUT2D eigenvalue weighted by molar-refractivity contribution is -0.120. The third kappa shape index (κ3) is 3.72. The summed E-state index contributed by atoms with van der Waals surface area (Å²) in [6.45, 7) is 3.20. The standard InChI is InChI=1S/C24H32N4O2/c1-2-22(29)25-7-6-19-14-28-20(4-3-5-21(28)27-19)23(30)26-15-24-11-16-8-17(12-24)10-18(9-16)13-24/h3-5,14,16-18H,2,6-13,15H2,1H3,(H,25,29)(H,26,30). The molecule has 30 heavy (non-hydrogen) atoms. The zero-order valence-corrected chi connectivity index (χ0v) is 17.8. The number of nitrogens with one attached hydrogen (secondary N) is 2. The molecule has 2 heterocycles. The zero-order chi connectivity index (χ0) is 20.7. The van der Waals surface area contributed by atoms with Crippen LogP contribution in [0, 0.1) is 23.2 Å². The van der Waals surface area contributed by atoms with Crippen LogP contribution >= 0.6 is 0 Å². The normalized spacial score (nSPS) is 29.3. The van der Waals surface area contributed by atoms with Gasteiger partial charge in [-0.15, -0.1) is 0 Å². The molecule has 6 nitrogen and oxygen atoms in total. The van der Waals surface area contributed by atoms with Gasteiger partial charge in [-0.2, -0.15) is 0 Å². The molecule has 4 fully saturated rings. The lowest BCUT2D eigenvalue weighted by Gasteiger charge is -2.56. The third-order valence-electron chi connectivity index (χ3n) is 7.59. The number of fused-ring (bicyclic) bond motifs is 1. The first-order chi connectivity index (χ1) is 14.5. The van der Waals surface area contributed by atoms with Crippen LogP contribution in [0.5, 0.6) is 0 Å². The number of nitrogens with zero attached hydrogens (tertiary/aromatic N) is 2. The molecule has 2 amide bonds. The molecule has 6 heteroatoms. The Bertz CT molecular complexity index is 928. The van der Waals surface area contributed by atoms with E-state index in [9.17, 15) is 9.59 Å². The van der Waals surface area contributed by atoms with Gasteiger partial charge in [0.05, 0.1) is 5.69 Å². The molecule has 0 radical (unpaired) electrons. The van der Waals surface area contributed by atoms with Crippen molar-refractivity contribution in [1.29, 1.82) is 0 Å². The Hall–Kier alpha value is -2.37. The number of carbonyl (C=O) groups is 2. The second-order valence-electron chi connectivity index (χ2n) is 9.93. The Morgan fingerprint density at radius 2 is 1.80 bits per heavy atom. The second-order valence-corrected chi connectivity index (χ2v) is 9.93. The average Bonchev–Trinajstić information content (AvgIpc) is 3.14. The smallest absolute Gasteiger partial charge is 0.268 e. The van der Waals surface area contributed by atoms with E-state index < -0.39 is 0 Å². The molecule has 2 aromatic heterocycles. The number of imidazole rings is 1. The molecule has 2 N–H and O–H groups in total. The maximum absolute atomic E-state index is 13.1. The molecule has 4 aliphatic rings. The van der Waals surface area contributed by atoms with Crippen molar-refractivity contribution >= 4 is 17.5 Å². The van der Waals surface area contributed by atoms with Crippen LogP contribution < -0.4 is 10.6 Å². The minimum absolute atomic E-state index is 0.0143. The lowest BCUT2D eigenvalue weighted by Crippen LogP contribution is -2.51. The Morgan fingerprint density at radius 3 is 2.47 bits per heavy atom. The van der Waals surface area contributed by atoms with Crippen molar-refractivity contribution in [3.8, 4) is 0 Å². The molecular formula is C24H32N4O2. The van der Waals surface area contributed by atoms with E-state index in [2.05, 4.69) is 15.6 Å². The minimum Gasteiger partial charge on any atom is -0.356 e. The first-order valence-corrected chi connectivity index (χ1v) is 11.6. The first kappa shape index (κ1) is 19.6. The molecule has 160 valence electrons. The summed E-state index contributed by atoms with van der Waals surface area (Å²) in [6.07, 6.45) is 11.2. The summed E-state index contributed by atoms with van der Waals surface area (Å²) in [4.78, 5) is 29.1.